The van der Waals surface area contributed by atoms with E-state index in [9.17, 15) is 14.9 Å². The molecule has 2 rings (SSSR count). The molecule has 1 aromatic carbocycles. The van der Waals surface area contributed by atoms with Gasteiger partial charge in [-0.05, 0) is 31.4 Å². The number of rotatable bonds is 2. The quantitative estimate of drug-likeness (QED) is 0.611. The number of nitriles is 1. The Morgan fingerprint density at radius 3 is 2.90 bits per heavy atom. The van der Waals surface area contributed by atoms with Gasteiger partial charge >= 0.3 is 0 Å². The summed E-state index contributed by atoms with van der Waals surface area (Å²) in [6.45, 7) is 2.72. The summed E-state index contributed by atoms with van der Waals surface area (Å²) in [4.78, 5) is 24.3. The summed E-state index contributed by atoms with van der Waals surface area (Å²) in [5.74, 6) is -0.385. The van der Waals surface area contributed by atoms with Gasteiger partial charge < -0.3 is 4.90 Å². The van der Waals surface area contributed by atoms with Crippen LogP contribution in [0.3, 0.4) is 0 Å². The Hall–Kier alpha value is -2.42. The number of benzene rings is 1. The van der Waals surface area contributed by atoms with Crippen LogP contribution in [0.5, 0.6) is 0 Å². The smallest absolute Gasteiger partial charge is 0.270 e. The topological polar surface area (TPSA) is 87.2 Å². The fourth-order valence-corrected chi connectivity index (χ4v) is 2.44. The van der Waals surface area contributed by atoms with E-state index in [0.717, 1.165) is 12.8 Å². The van der Waals surface area contributed by atoms with Gasteiger partial charge in [-0.2, -0.15) is 5.26 Å². The van der Waals surface area contributed by atoms with Gasteiger partial charge in [0, 0.05) is 30.8 Å². The van der Waals surface area contributed by atoms with Crippen LogP contribution in [0.4, 0.5) is 5.69 Å². The number of nitro benzene ring substituents is 1. The average molecular weight is 273 g/mol. The Balaban J connectivity index is 2.25. The predicted octanol–water partition coefficient (Wildman–Crippen LogP) is 2.28. The molecule has 1 fully saturated rings. The minimum absolute atomic E-state index is 0.0813. The largest absolute Gasteiger partial charge is 0.337 e. The van der Waals surface area contributed by atoms with Crippen LogP contribution >= 0.6 is 0 Å². The van der Waals surface area contributed by atoms with Crippen molar-refractivity contribution in [3.63, 3.8) is 0 Å². The van der Waals surface area contributed by atoms with Crippen molar-refractivity contribution in [1.82, 2.24) is 4.90 Å². The minimum Gasteiger partial charge on any atom is -0.337 e. The van der Waals surface area contributed by atoms with Crippen molar-refractivity contribution in [2.45, 2.75) is 19.8 Å². The summed E-state index contributed by atoms with van der Waals surface area (Å²) >= 11 is 0. The first-order chi connectivity index (χ1) is 9.51. The molecule has 0 aromatic heterocycles. The van der Waals surface area contributed by atoms with Crippen LogP contribution in [0, 0.1) is 34.3 Å². The van der Waals surface area contributed by atoms with Crippen LogP contribution in [-0.4, -0.2) is 28.8 Å². The molecule has 0 bridgehead atoms. The number of likely N-dealkylation sites (tertiary alicyclic amines) is 1. The molecule has 1 aliphatic heterocycles. The Bertz CT molecular complexity index is 592. The van der Waals surface area contributed by atoms with Crippen molar-refractivity contribution in [1.29, 1.82) is 5.26 Å². The monoisotopic (exact) mass is 273 g/mol. The van der Waals surface area contributed by atoms with E-state index in [4.69, 9.17) is 5.26 Å². The maximum atomic E-state index is 12.4. The molecule has 0 saturated carbocycles. The number of nitro groups is 1. The average Bonchev–Trinajstić information content (AvgIpc) is 2.45. The number of aryl methyl sites for hydroxylation is 1. The third kappa shape index (κ3) is 2.94. The maximum Gasteiger partial charge on any atom is 0.270 e. The summed E-state index contributed by atoms with van der Waals surface area (Å²) in [5.41, 5.74) is 0.911. The Morgan fingerprint density at radius 2 is 2.25 bits per heavy atom. The lowest BCUT2D eigenvalue weighted by Gasteiger charge is -2.29. The van der Waals surface area contributed by atoms with Crippen molar-refractivity contribution >= 4 is 11.6 Å². The van der Waals surface area contributed by atoms with Crippen LogP contribution in [0.1, 0.15) is 28.8 Å². The van der Waals surface area contributed by atoms with Crippen LogP contribution in [0.25, 0.3) is 0 Å². The van der Waals surface area contributed by atoms with Gasteiger partial charge in [0.05, 0.1) is 16.9 Å². The lowest BCUT2D eigenvalue weighted by Crippen LogP contribution is -2.39. The molecule has 1 saturated heterocycles. The van der Waals surface area contributed by atoms with Crippen LogP contribution in [0.15, 0.2) is 18.2 Å². The molecule has 1 heterocycles. The van der Waals surface area contributed by atoms with Crippen LogP contribution < -0.4 is 0 Å². The number of amides is 1. The second kappa shape index (κ2) is 5.70. The standard InChI is InChI=1S/C14H15N3O3/c1-10-5-12(7-13(6-10)17(19)20)14(18)16-4-2-3-11(8-15)9-16/h5-7,11H,2-4,9H2,1H3. The van der Waals surface area contributed by atoms with Gasteiger partial charge in [-0.1, -0.05) is 0 Å². The zero-order valence-electron chi connectivity index (χ0n) is 11.2. The van der Waals surface area contributed by atoms with E-state index in [0.29, 0.717) is 24.2 Å². The first-order valence-corrected chi connectivity index (χ1v) is 6.46. The second-order valence-electron chi connectivity index (χ2n) is 5.03. The van der Waals surface area contributed by atoms with E-state index in [2.05, 4.69) is 6.07 Å². The lowest BCUT2D eigenvalue weighted by molar-refractivity contribution is -0.384. The highest BCUT2D eigenvalue weighted by atomic mass is 16.6. The van der Waals surface area contributed by atoms with Gasteiger partial charge in [0.25, 0.3) is 11.6 Å². The van der Waals surface area contributed by atoms with Crippen molar-refractivity contribution in [2.24, 2.45) is 5.92 Å². The Labute approximate surface area is 116 Å². The number of carbonyl (C=O) groups excluding carboxylic acids is 1. The summed E-state index contributed by atoms with van der Waals surface area (Å²) < 4.78 is 0. The normalized spacial score (nSPS) is 18.4. The summed E-state index contributed by atoms with van der Waals surface area (Å²) in [5, 5.41) is 19.8. The fraction of sp³-hybridized carbons (Fsp3) is 0.429. The number of hydrogen-bond donors (Lipinski definition) is 0. The third-order valence-electron chi connectivity index (χ3n) is 3.41. The highest BCUT2D eigenvalue weighted by Crippen LogP contribution is 2.21. The predicted molar refractivity (Wildman–Crippen MR) is 72.1 cm³/mol. The van der Waals surface area contributed by atoms with Crippen molar-refractivity contribution in [3.8, 4) is 6.07 Å². The Morgan fingerprint density at radius 1 is 1.50 bits per heavy atom. The highest BCUT2D eigenvalue weighted by Gasteiger charge is 2.25. The van der Waals surface area contributed by atoms with Gasteiger partial charge in [0.15, 0.2) is 0 Å². The minimum atomic E-state index is -0.502. The molecule has 6 nitrogen and oxygen atoms in total. The molecule has 0 aliphatic carbocycles. The number of nitrogens with zero attached hydrogens (tertiary/aromatic N) is 3. The lowest BCUT2D eigenvalue weighted by atomic mass is 9.98. The second-order valence-corrected chi connectivity index (χ2v) is 5.03. The Kier molecular flexibility index (Phi) is 3.99. The molecule has 0 N–H and O–H groups in total. The van der Waals surface area contributed by atoms with E-state index < -0.39 is 4.92 Å². The van der Waals surface area contributed by atoms with Gasteiger partial charge in [0.2, 0.25) is 0 Å². The summed E-state index contributed by atoms with van der Waals surface area (Å²) in [6.07, 6.45) is 1.59. The molecule has 1 atom stereocenters. The molecule has 20 heavy (non-hydrogen) atoms. The van der Waals surface area contributed by atoms with Gasteiger partial charge in [-0.25, -0.2) is 0 Å². The first kappa shape index (κ1) is 14.0. The third-order valence-corrected chi connectivity index (χ3v) is 3.41. The van der Waals surface area contributed by atoms with Crippen molar-refractivity contribution < 1.29 is 9.72 Å². The van der Waals surface area contributed by atoms with Gasteiger partial charge in [-0.3, -0.25) is 14.9 Å². The first-order valence-electron chi connectivity index (χ1n) is 6.46. The van der Waals surface area contributed by atoms with E-state index in [1.165, 1.54) is 12.1 Å². The molecule has 1 unspecified atom stereocenters. The van der Waals surface area contributed by atoms with Crippen molar-refractivity contribution in [2.75, 3.05) is 13.1 Å². The molecular formula is C14H15N3O3. The van der Waals surface area contributed by atoms with Crippen LogP contribution in [0.2, 0.25) is 0 Å². The van der Waals surface area contributed by atoms with Crippen LogP contribution in [-0.2, 0) is 0 Å². The SMILES string of the molecule is Cc1cc(C(=O)N2CCCC(C#N)C2)cc([N+](=O)[O-])c1. The molecule has 0 radical (unpaired) electrons. The molecule has 1 amide bonds. The maximum absolute atomic E-state index is 12.4. The zero-order valence-corrected chi connectivity index (χ0v) is 11.2. The van der Waals surface area contributed by atoms with E-state index in [-0.39, 0.29) is 17.5 Å². The number of carbonyl (C=O) groups is 1. The number of non-ortho nitro benzene ring substituents is 1. The molecule has 104 valence electrons. The fourth-order valence-electron chi connectivity index (χ4n) is 2.44. The molecule has 1 aromatic rings. The molecule has 0 spiro atoms. The van der Waals surface area contributed by atoms with Crippen molar-refractivity contribution in [3.05, 3.63) is 39.4 Å². The zero-order chi connectivity index (χ0) is 14.7. The molecular weight excluding hydrogens is 258 g/mol. The highest BCUT2D eigenvalue weighted by molar-refractivity contribution is 5.95. The summed E-state index contributed by atoms with van der Waals surface area (Å²) in [6, 6.07) is 6.56. The number of hydrogen-bond acceptors (Lipinski definition) is 4. The van der Waals surface area contributed by atoms with E-state index in [1.807, 2.05) is 0 Å². The molecule has 1 aliphatic rings. The van der Waals surface area contributed by atoms with Gasteiger partial charge in [-0.15, -0.1) is 0 Å². The van der Waals surface area contributed by atoms with E-state index in [1.54, 1.807) is 17.9 Å². The van der Waals surface area contributed by atoms with E-state index >= 15 is 0 Å². The number of piperidine rings is 1. The summed E-state index contributed by atoms with van der Waals surface area (Å²) in [7, 11) is 0. The molecule has 6 heteroatoms. The van der Waals surface area contributed by atoms with Gasteiger partial charge in [0.1, 0.15) is 0 Å².